The molecule has 51 heavy (non-hydrogen) atoms. The number of hydrogen-bond donors (Lipinski definition) is 4. The zero-order valence-corrected chi connectivity index (χ0v) is 28.7. The maximum absolute atomic E-state index is 14.5. The molecule has 3 aliphatic rings. The van der Waals surface area contributed by atoms with E-state index in [1.165, 1.54) is 4.90 Å². The van der Waals surface area contributed by atoms with E-state index in [0.29, 0.717) is 37.3 Å². The summed E-state index contributed by atoms with van der Waals surface area (Å²) >= 11 is 0. The number of aromatic nitrogens is 1. The van der Waals surface area contributed by atoms with Gasteiger partial charge in [0.05, 0.1) is 10.8 Å². The summed E-state index contributed by atoms with van der Waals surface area (Å²) in [5.41, 5.74) is 3.56. The van der Waals surface area contributed by atoms with Gasteiger partial charge in [-0.15, -0.1) is 0 Å². The number of piperidine rings is 1. The van der Waals surface area contributed by atoms with Crippen LogP contribution in [0.5, 0.6) is 0 Å². The molecule has 1 spiro atoms. The molecule has 6 rings (SSSR count). The van der Waals surface area contributed by atoms with Crippen molar-refractivity contribution in [2.24, 2.45) is 5.41 Å². The Morgan fingerprint density at radius 2 is 1.73 bits per heavy atom. The van der Waals surface area contributed by atoms with Gasteiger partial charge in [-0.05, 0) is 79.6 Å². The lowest BCUT2D eigenvalue weighted by atomic mass is 9.74. The number of benzene rings is 2. The predicted octanol–water partition coefficient (Wildman–Crippen LogP) is 4.52. The Morgan fingerprint density at radius 1 is 1.00 bits per heavy atom. The lowest BCUT2D eigenvalue weighted by Crippen LogP contribution is -2.54. The van der Waals surface area contributed by atoms with Crippen LogP contribution in [0, 0.1) is 5.41 Å². The van der Waals surface area contributed by atoms with Crippen LogP contribution in [0.3, 0.4) is 0 Å². The van der Waals surface area contributed by atoms with E-state index in [4.69, 9.17) is 0 Å². The van der Waals surface area contributed by atoms with Crippen LogP contribution in [0.25, 0.3) is 0 Å². The molecule has 2 aromatic carbocycles. The number of likely N-dealkylation sites (tertiary alicyclic amines) is 1. The Balaban J connectivity index is 1.18. The summed E-state index contributed by atoms with van der Waals surface area (Å²) in [6, 6.07) is 16.2. The molecule has 0 saturated carbocycles. The summed E-state index contributed by atoms with van der Waals surface area (Å²) in [7, 11) is 1.82. The monoisotopic (exact) mass is 705 g/mol. The highest BCUT2D eigenvalue weighted by Crippen LogP contribution is 2.47. The summed E-state index contributed by atoms with van der Waals surface area (Å²) in [6.07, 6.45) is -0.971. The predicted molar refractivity (Wildman–Crippen MR) is 185 cm³/mol. The van der Waals surface area contributed by atoms with Crippen molar-refractivity contribution in [1.82, 2.24) is 25.4 Å². The molecular formula is C37H42F3N7O4. The first-order valence-corrected chi connectivity index (χ1v) is 17.2. The van der Waals surface area contributed by atoms with Crippen LogP contribution in [-0.2, 0) is 45.7 Å². The quantitative estimate of drug-likeness (QED) is 0.245. The molecular weight excluding hydrogens is 663 g/mol. The maximum Gasteiger partial charge on any atom is 0.405 e. The van der Waals surface area contributed by atoms with E-state index in [1.54, 1.807) is 17.2 Å². The molecule has 1 fully saturated rings. The Bertz CT molecular complexity index is 1830. The summed E-state index contributed by atoms with van der Waals surface area (Å²) in [5, 5.41) is 10.9. The van der Waals surface area contributed by atoms with Gasteiger partial charge in [0.2, 0.25) is 17.7 Å². The highest BCUT2D eigenvalue weighted by atomic mass is 19.4. The number of hydrogen-bond acceptors (Lipinski definition) is 6. The molecule has 3 aromatic rings. The molecule has 14 heteroatoms. The number of rotatable bonds is 10. The van der Waals surface area contributed by atoms with Gasteiger partial charge in [-0.25, -0.2) is 9.78 Å². The standard InChI is InChI=1S/C37H42F3N7O4/c1-3-35(12-15-46(16-13-35)34(51)43-23-37(38,39)40)33(50)47(21-26-8-5-4-7-25(26)20-41-2)22-30(48)44-28-11-10-24-18-36(19-27(24)17-28)29-9-6-14-42-31(29)45-32(36)49/h4-11,14,17,41H,3,12-13,15-16,18-23H2,1-2H3,(H,43,51)(H,44,48)(H,42,45,49)/t36-/m1/s1. The molecule has 2 aliphatic heterocycles. The highest BCUT2D eigenvalue weighted by molar-refractivity contribution is 6.06. The van der Waals surface area contributed by atoms with Gasteiger partial charge >= 0.3 is 12.2 Å². The van der Waals surface area contributed by atoms with Gasteiger partial charge in [0.1, 0.15) is 18.9 Å². The maximum atomic E-state index is 14.5. The summed E-state index contributed by atoms with van der Waals surface area (Å²) in [4.78, 5) is 61.0. The third-order valence-electron chi connectivity index (χ3n) is 10.5. The normalized spacial score (nSPS) is 18.9. The third-order valence-corrected chi connectivity index (χ3v) is 10.5. The number of nitrogens with one attached hydrogen (secondary N) is 4. The van der Waals surface area contributed by atoms with Gasteiger partial charge in [0.15, 0.2) is 0 Å². The number of urea groups is 1. The molecule has 270 valence electrons. The van der Waals surface area contributed by atoms with Crippen LogP contribution >= 0.6 is 0 Å². The fourth-order valence-corrected chi connectivity index (χ4v) is 7.68. The van der Waals surface area contributed by atoms with Crippen LogP contribution in [0.1, 0.15) is 54.0 Å². The largest absolute Gasteiger partial charge is 0.405 e. The Labute approximate surface area is 294 Å². The van der Waals surface area contributed by atoms with E-state index < -0.39 is 35.5 Å². The molecule has 4 N–H and O–H groups in total. The fourth-order valence-electron chi connectivity index (χ4n) is 7.68. The topological polar surface area (TPSA) is 136 Å². The lowest BCUT2D eigenvalue weighted by Gasteiger charge is -2.42. The zero-order chi connectivity index (χ0) is 36.4. The molecule has 1 atom stereocenters. The van der Waals surface area contributed by atoms with Gasteiger partial charge in [0.25, 0.3) is 0 Å². The summed E-state index contributed by atoms with van der Waals surface area (Å²) in [6.45, 7) is 1.13. The molecule has 11 nitrogen and oxygen atoms in total. The average molecular weight is 706 g/mol. The zero-order valence-electron chi connectivity index (χ0n) is 28.7. The molecule has 3 heterocycles. The SMILES string of the molecule is CCC1(C(=O)N(CC(=O)Nc2ccc3c(c2)C[C@@]2(C3)C(=O)Nc3ncccc32)Cc2ccccc2CNC)CCN(C(=O)NCC(F)(F)F)CC1. The molecule has 0 bridgehead atoms. The Morgan fingerprint density at radius 3 is 2.43 bits per heavy atom. The molecule has 1 saturated heterocycles. The first kappa shape index (κ1) is 35.8. The van der Waals surface area contributed by atoms with Gasteiger partial charge in [-0.3, -0.25) is 14.4 Å². The molecule has 1 aliphatic carbocycles. The summed E-state index contributed by atoms with van der Waals surface area (Å²) in [5.74, 6) is -0.163. The highest BCUT2D eigenvalue weighted by Gasteiger charge is 2.51. The Hall–Kier alpha value is -4.98. The van der Waals surface area contributed by atoms with E-state index in [1.807, 2.05) is 67.8 Å². The van der Waals surface area contributed by atoms with E-state index in [0.717, 1.165) is 27.8 Å². The minimum atomic E-state index is -4.53. The summed E-state index contributed by atoms with van der Waals surface area (Å²) < 4.78 is 38.1. The average Bonchev–Trinajstić information content (AvgIpc) is 3.63. The van der Waals surface area contributed by atoms with Crippen molar-refractivity contribution in [2.45, 2.75) is 63.7 Å². The van der Waals surface area contributed by atoms with Crippen LogP contribution in [0.2, 0.25) is 0 Å². The van der Waals surface area contributed by atoms with Gasteiger partial charge in [-0.1, -0.05) is 43.3 Å². The van der Waals surface area contributed by atoms with Crippen LogP contribution in [-0.4, -0.2) is 77.9 Å². The van der Waals surface area contributed by atoms with Crippen LogP contribution in [0.15, 0.2) is 60.8 Å². The van der Waals surface area contributed by atoms with Crippen LogP contribution in [0.4, 0.5) is 29.5 Å². The van der Waals surface area contributed by atoms with Gasteiger partial charge in [-0.2, -0.15) is 13.2 Å². The fraction of sp³-hybridized carbons (Fsp3) is 0.432. The number of nitrogens with zero attached hydrogens (tertiary/aromatic N) is 3. The smallest absolute Gasteiger partial charge is 0.329 e. The van der Waals surface area contributed by atoms with Crippen molar-refractivity contribution in [3.05, 3.63) is 88.6 Å². The van der Waals surface area contributed by atoms with Crippen molar-refractivity contribution in [2.75, 3.05) is 43.9 Å². The second-order valence-electron chi connectivity index (χ2n) is 13.7. The van der Waals surface area contributed by atoms with Crippen molar-refractivity contribution in [3.63, 3.8) is 0 Å². The van der Waals surface area contributed by atoms with Gasteiger partial charge < -0.3 is 31.1 Å². The molecule has 5 amide bonds. The van der Waals surface area contributed by atoms with E-state index >= 15 is 0 Å². The number of carbonyl (C=O) groups is 4. The first-order valence-electron chi connectivity index (χ1n) is 17.2. The van der Waals surface area contributed by atoms with E-state index in [-0.39, 0.29) is 50.8 Å². The number of amides is 5. The minimum absolute atomic E-state index is 0.0942. The second kappa shape index (κ2) is 14.3. The van der Waals surface area contributed by atoms with E-state index in [2.05, 4.69) is 20.9 Å². The second-order valence-corrected chi connectivity index (χ2v) is 13.7. The van der Waals surface area contributed by atoms with E-state index in [9.17, 15) is 32.3 Å². The van der Waals surface area contributed by atoms with Crippen molar-refractivity contribution >= 4 is 35.3 Å². The molecule has 0 radical (unpaired) electrons. The van der Waals surface area contributed by atoms with Crippen molar-refractivity contribution in [3.8, 4) is 0 Å². The number of alkyl halides is 3. The number of fused-ring (bicyclic) bond motifs is 3. The molecule has 0 unspecified atom stereocenters. The third kappa shape index (κ3) is 7.41. The first-order chi connectivity index (χ1) is 24.4. The Kier molecular flexibility index (Phi) is 10.1. The lowest BCUT2D eigenvalue weighted by molar-refractivity contribution is -0.147. The van der Waals surface area contributed by atoms with Crippen molar-refractivity contribution in [1.29, 1.82) is 0 Å². The van der Waals surface area contributed by atoms with Crippen molar-refractivity contribution < 1.29 is 32.3 Å². The van der Waals surface area contributed by atoms with Gasteiger partial charge in [0, 0.05) is 43.6 Å². The number of halogens is 3. The number of pyridine rings is 1. The number of carbonyl (C=O) groups excluding carboxylic acids is 4. The number of anilines is 2. The van der Waals surface area contributed by atoms with Crippen LogP contribution < -0.4 is 21.3 Å². The molecule has 1 aromatic heterocycles. The minimum Gasteiger partial charge on any atom is -0.329 e.